The number of pyridine rings is 2. The lowest BCUT2D eigenvalue weighted by Crippen LogP contribution is -2.27. The number of carbonyl (C=O) groups excluding carboxylic acids is 1. The van der Waals surface area contributed by atoms with Crippen molar-refractivity contribution in [3.8, 4) is 0 Å². The summed E-state index contributed by atoms with van der Waals surface area (Å²) in [6.07, 6.45) is 8.02. The van der Waals surface area contributed by atoms with Crippen molar-refractivity contribution in [1.29, 1.82) is 0 Å². The number of amides is 1. The van der Waals surface area contributed by atoms with Gasteiger partial charge in [-0.3, -0.25) is 9.78 Å². The standard InChI is InChI=1S/C24H28N6OS/c1-17-22(32-30-15-19-7-9-25-13-20(19)16-30)12-21(28(17)2)24(31)27-14-18-6-5-8-26-23(18)29-10-3-4-11-29/h5-9,12-13H,3-4,10-11,14-16H2,1-2H3,(H,27,31). The fourth-order valence-corrected chi connectivity index (χ4v) is 5.54. The lowest BCUT2D eigenvalue weighted by atomic mass is 10.2. The minimum atomic E-state index is -0.0624. The molecule has 0 bridgehead atoms. The lowest BCUT2D eigenvalue weighted by molar-refractivity contribution is 0.0942. The van der Waals surface area contributed by atoms with Crippen LogP contribution in [0.25, 0.3) is 0 Å². The summed E-state index contributed by atoms with van der Waals surface area (Å²) in [5, 5.41) is 3.11. The van der Waals surface area contributed by atoms with Gasteiger partial charge in [-0.25, -0.2) is 9.29 Å². The molecule has 1 fully saturated rings. The van der Waals surface area contributed by atoms with E-state index < -0.39 is 0 Å². The first-order valence-electron chi connectivity index (χ1n) is 11.1. The highest BCUT2D eigenvalue weighted by Gasteiger charge is 2.23. The summed E-state index contributed by atoms with van der Waals surface area (Å²) in [5.41, 5.74) is 5.43. The van der Waals surface area contributed by atoms with Gasteiger partial charge in [0.05, 0.1) is 0 Å². The molecule has 0 spiro atoms. The number of nitrogens with one attached hydrogen (secondary N) is 1. The van der Waals surface area contributed by atoms with E-state index in [0.29, 0.717) is 12.2 Å². The van der Waals surface area contributed by atoms with Gasteiger partial charge in [0, 0.05) is 74.5 Å². The summed E-state index contributed by atoms with van der Waals surface area (Å²) in [5.74, 6) is 0.931. The summed E-state index contributed by atoms with van der Waals surface area (Å²) in [4.78, 5) is 25.3. The fourth-order valence-electron chi connectivity index (χ4n) is 4.42. The van der Waals surface area contributed by atoms with Crippen LogP contribution in [0, 0.1) is 6.92 Å². The average Bonchev–Trinajstić information content (AvgIpc) is 3.54. The maximum atomic E-state index is 13.1. The predicted molar refractivity (Wildman–Crippen MR) is 126 cm³/mol. The van der Waals surface area contributed by atoms with Crippen LogP contribution in [-0.2, 0) is 26.7 Å². The van der Waals surface area contributed by atoms with Crippen molar-refractivity contribution in [3.05, 3.63) is 70.9 Å². The van der Waals surface area contributed by atoms with Gasteiger partial charge < -0.3 is 14.8 Å². The van der Waals surface area contributed by atoms with E-state index in [0.717, 1.165) is 48.1 Å². The van der Waals surface area contributed by atoms with Gasteiger partial charge in [0.15, 0.2) is 0 Å². The van der Waals surface area contributed by atoms with E-state index in [-0.39, 0.29) is 5.91 Å². The zero-order valence-corrected chi connectivity index (χ0v) is 19.4. The second kappa shape index (κ2) is 8.96. The maximum absolute atomic E-state index is 13.1. The quantitative estimate of drug-likeness (QED) is 0.581. The summed E-state index contributed by atoms with van der Waals surface area (Å²) in [7, 11) is 1.96. The number of hydrogen-bond acceptors (Lipinski definition) is 6. The Morgan fingerprint density at radius 1 is 1.16 bits per heavy atom. The van der Waals surface area contributed by atoms with E-state index >= 15 is 0 Å². The van der Waals surface area contributed by atoms with Crippen molar-refractivity contribution in [3.63, 3.8) is 0 Å². The molecule has 0 aromatic carbocycles. The number of carbonyl (C=O) groups is 1. The largest absolute Gasteiger partial charge is 0.356 e. The summed E-state index contributed by atoms with van der Waals surface area (Å²) < 4.78 is 4.29. The van der Waals surface area contributed by atoms with Crippen molar-refractivity contribution < 1.29 is 4.79 Å². The third-order valence-electron chi connectivity index (χ3n) is 6.36. The Labute approximate surface area is 193 Å². The first kappa shape index (κ1) is 21.0. The molecule has 32 heavy (non-hydrogen) atoms. The second-order valence-corrected chi connectivity index (χ2v) is 9.57. The van der Waals surface area contributed by atoms with E-state index in [4.69, 9.17) is 0 Å². The molecule has 1 saturated heterocycles. The van der Waals surface area contributed by atoms with Crippen LogP contribution >= 0.6 is 11.9 Å². The van der Waals surface area contributed by atoms with E-state index in [1.54, 1.807) is 11.9 Å². The van der Waals surface area contributed by atoms with Crippen molar-refractivity contribution in [2.24, 2.45) is 7.05 Å². The molecule has 7 nitrogen and oxygen atoms in total. The molecule has 1 N–H and O–H groups in total. The highest BCUT2D eigenvalue weighted by Crippen LogP contribution is 2.35. The number of fused-ring (bicyclic) bond motifs is 1. The molecule has 5 rings (SSSR count). The average molecular weight is 449 g/mol. The van der Waals surface area contributed by atoms with Crippen molar-refractivity contribution in [1.82, 2.24) is 24.2 Å². The molecular weight excluding hydrogens is 420 g/mol. The van der Waals surface area contributed by atoms with Gasteiger partial charge in [0.1, 0.15) is 11.5 Å². The van der Waals surface area contributed by atoms with E-state index in [9.17, 15) is 4.79 Å². The Hall–Kier alpha value is -2.84. The lowest BCUT2D eigenvalue weighted by Gasteiger charge is -2.20. The zero-order chi connectivity index (χ0) is 22.1. The minimum absolute atomic E-state index is 0.0624. The van der Waals surface area contributed by atoms with Crippen LogP contribution in [0.4, 0.5) is 5.82 Å². The van der Waals surface area contributed by atoms with Crippen molar-refractivity contribution in [2.45, 2.75) is 44.3 Å². The normalized spacial score (nSPS) is 15.9. The van der Waals surface area contributed by atoms with Gasteiger partial charge in [-0.05, 0) is 61.0 Å². The van der Waals surface area contributed by atoms with Gasteiger partial charge in [-0.15, -0.1) is 0 Å². The fraction of sp³-hybridized carbons (Fsp3) is 0.375. The highest BCUT2D eigenvalue weighted by molar-refractivity contribution is 7.97. The van der Waals surface area contributed by atoms with Gasteiger partial charge >= 0.3 is 0 Å². The highest BCUT2D eigenvalue weighted by atomic mass is 32.2. The van der Waals surface area contributed by atoms with E-state index in [1.807, 2.05) is 42.3 Å². The Morgan fingerprint density at radius 2 is 1.97 bits per heavy atom. The maximum Gasteiger partial charge on any atom is 0.268 e. The number of hydrogen-bond donors (Lipinski definition) is 1. The van der Waals surface area contributed by atoms with Crippen molar-refractivity contribution >= 4 is 23.7 Å². The monoisotopic (exact) mass is 448 g/mol. The SMILES string of the molecule is Cc1c(SN2Cc3ccncc3C2)cc(C(=O)NCc2cccnc2N2CCCC2)n1C. The van der Waals surface area contributed by atoms with Crippen LogP contribution in [0.2, 0.25) is 0 Å². The molecule has 3 aromatic heterocycles. The van der Waals surface area contributed by atoms with Crippen LogP contribution < -0.4 is 10.2 Å². The number of aromatic nitrogens is 3. The summed E-state index contributed by atoms with van der Waals surface area (Å²) in [6, 6.07) is 8.08. The number of anilines is 1. The zero-order valence-electron chi connectivity index (χ0n) is 18.5. The molecule has 2 aliphatic heterocycles. The second-order valence-electron chi connectivity index (χ2n) is 8.43. The third-order valence-corrected chi connectivity index (χ3v) is 7.49. The molecule has 0 aliphatic carbocycles. The molecular formula is C24H28N6OS. The van der Waals surface area contributed by atoms with Crippen LogP contribution in [0.1, 0.15) is 45.7 Å². The molecule has 5 heterocycles. The molecule has 8 heteroatoms. The van der Waals surface area contributed by atoms with Crippen LogP contribution in [-0.4, -0.2) is 37.8 Å². The molecule has 0 radical (unpaired) electrons. The number of rotatable bonds is 6. The van der Waals surface area contributed by atoms with E-state index in [2.05, 4.69) is 43.5 Å². The third kappa shape index (κ3) is 4.12. The molecule has 166 valence electrons. The van der Waals surface area contributed by atoms with Crippen LogP contribution in [0.3, 0.4) is 0 Å². The Morgan fingerprint density at radius 3 is 2.78 bits per heavy atom. The minimum Gasteiger partial charge on any atom is -0.356 e. The number of nitrogens with zero attached hydrogens (tertiary/aromatic N) is 5. The van der Waals surface area contributed by atoms with Crippen molar-refractivity contribution in [2.75, 3.05) is 18.0 Å². The molecule has 3 aromatic rings. The summed E-state index contributed by atoms with van der Waals surface area (Å²) >= 11 is 1.71. The van der Waals surface area contributed by atoms with E-state index in [1.165, 1.54) is 24.0 Å². The molecule has 0 atom stereocenters. The van der Waals surface area contributed by atoms with Gasteiger partial charge in [-0.1, -0.05) is 6.07 Å². The van der Waals surface area contributed by atoms with Crippen LogP contribution in [0.15, 0.2) is 47.8 Å². The molecule has 2 aliphatic rings. The summed E-state index contributed by atoms with van der Waals surface area (Å²) in [6.45, 7) is 6.36. The van der Waals surface area contributed by atoms with Gasteiger partial charge in [-0.2, -0.15) is 0 Å². The topological polar surface area (TPSA) is 66.3 Å². The Kier molecular flexibility index (Phi) is 5.89. The molecule has 0 unspecified atom stereocenters. The van der Waals surface area contributed by atoms with Gasteiger partial charge in [0.25, 0.3) is 5.91 Å². The first-order chi connectivity index (χ1) is 15.6. The van der Waals surface area contributed by atoms with Gasteiger partial charge in [0.2, 0.25) is 0 Å². The first-order valence-corrected chi connectivity index (χ1v) is 11.9. The smallest absolute Gasteiger partial charge is 0.268 e. The molecule has 1 amide bonds. The Bertz CT molecular complexity index is 1110. The Balaban J connectivity index is 1.26. The van der Waals surface area contributed by atoms with Crippen LogP contribution in [0.5, 0.6) is 0 Å². The molecule has 0 saturated carbocycles. The predicted octanol–water partition coefficient (Wildman–Crippen LogP) is 3.68.